The summed E-state index contributed by atoms with van der Waals surface area (Å²) in [6.07, 6.45) is 1.15. The first-order valence-corrected chi connectivity index (χ1v) is 9.40. The molecule has 0 aromatic heterocycles. The lowest BCUT2D eigenvalue weighted by Crippen LogP contribution is -2.16. The van der Waals surface area contributed by atoms with Crippen LogP contribution in [0.4, 0.5) is 5.69 Å². The molecule has 22 heavy (non-hydrogen) atoms. The lowest BCUT2D eigenvalue weighted by atomic mass is 10.1. The highest BCUT2D eigenvalue weighted by Gasteiger charge is 2.20. The third kappa shape index (κ3) is 5.79. The number of hydrogen-bond acceptors (Lipinski definition) is 3. The zero-order chi connectivity index (χ0) is 16.9. The van der Waals surface area contributed by atoms with E-state index in [-0.39, 0.29) is 24.3 Å². The number of halogens is 3. The van der Waals surface area contributed by atoms with Crippen LogP contribution in [0.1, 0.15) is 36.0 Å². The van der Waals surface area contributed by atoms with Crippen molar-refractivity contribution < 1.29 is 24.6 Å². The van der Waals surface area contributed by atoms with Gasteiger partial charge in [-0.05, 0) is 86.7 Å². The van der Waals surface area contributed by atoms with Crippen LogP contribution in [0.2, 0.25) is 0 Å². The van der Waals surface area contributed by atoms with Crippen LogP contribution in [0.15, 0.2) is 6.07 Å². The maximum atomic E-state index is 11.9. The van der Waals surface area contributed by atoms with Gasteiger partial charge in [0.1, 0.15) is 0 Å². The second-order valence-corrected chi connectivity index (χ2v) is 7.76. The van der Waals surface area contributed by atoms with E-state index in [1.165, 1.54) is 0 Å². The maximum Gasteiger partial charge on any atom is 0.337 e. The van der Waals surface area contributed by atoms with Crippen molar-refractivity contribution in [2.75, 3.05) is 5.32 Å². The van der Waals surface area contributed by atoms with Gasteiger partial charge in [0.05, 0.1) is 14.8 Å². The Bertz CT molecular complexity index is 618. The number of benzene rings is 1. The highest BCUT2D eigenvalue weighted by Crippen LogP contribution is 2.32. The molecular weight excluding hydrogens is 631 g/mol. The lowest BCUT2D eigenvalue weighted by molar-refractivity contribution is -0.137. The van der Waals surface area contributed by atoms with Crippen LogP contribution in [0.3, 0.4) is 0 Å². The number of carbonyl (C=O) groups is 3. The van der Waals surface area contributed by atoms with Crippen LogP contribution < -0.4 is 5.32 Å². The molecule has 0 spiro atoms. The molecule has 1 amide bonds. The molecule has 0 heterocycles. The molecule has 0 radical (unpaired) electrons. The number of rotatable bonds is 7. The van der Waals surface area contributed by atoms with Crippen molar-refractivity contribution >= 4 is 91.3 Å². The number of carboxylic acids is 2. The Morgan fingerprint density at radius 3 is 2.14 bits per heavy atom. The predicted molar refractivity (Wildman–Crippen MR) is 106 cm³/mol. The van der Waals surface area contributed by atoms with Gasteiger partial charge >= 0.3 is 11.9 Å². The number of unbranched alkanes of at least 4 members (excludes halogenated alkanes) is 1. The van der Waals surface area contributed by atoms with E-state index < -0.39 is 11.9 Å². The van der Waals surface area contributed by atoms with Crippen molar-refractivity contribution in [2.24, 2.45) is 0 Å². The van der Waals surface area contributed by atoms with Crippen LogP contribution in [0.25, 0.3) is 0 Å². The maximum absolute atomic E-state index is 11.9. The molecule has 0 fully saturated rings. The molecule has 6 nitrogen and oxygen atoms in total. The van der Waals surface area contributed by atoms with E-state index in [4.69, 9.17) is 5.11 Å². The van der Waals surface area contributed by atoms with Crippen molar-refractivity contribution in [3.8, 4) is 0 Å². The van der Waals surface area contributed by atoms with Crippen LogP contribution >= 0.6 is 67.8 Å². The summed E-state index contributed by atoms with van der Waals surface area (Å²) in [5.41, 5.74) is 0.657. The smallest absolute Gasteiger partial charge is 0.337 e. The van der Waals surface area contributed by atoms with E-state index in [0.29, 0.717) is 25.7 Å². The third-order valence-corrected chi connectivity index (χ3v) is 5.47. The topological polar surface area (TPSA) is 104 Å². The summed E-state index contributed by atoms with van der Waals surface area (Å²) in [4.78, 5) is 33.6. The molecule has 0 aliphatic carbocycles. The van der Waals surface area contributed by atoms with Gasteiger partial charge in [-0.25, -0.2) is 4.79 Å². The van der Waals surface area contributed by atoms with Gasteiger partial charge in [-0.3, -0.25) is 9.59 Å². The number of hydrogen-bond donors (Lipinski definition) is 3. The Kier molecular flexibility index (Phi) is 8.31. The molecule has 0 aliphatic rings. The zero-order valence-electron chi connectivity index (χ0n) is 11.2. The van der Waals surface area contributed by atoms with Gasteiger partial charge in [0.25, 0.3) is 0 Å². The minimum Gasteiger partial charge on any atom is -0.481 e. The summed E-state index contributed by atoms with van der Waals surface area (Å²) < 4.78 is 1.86. The second kappa shape index (κ2) is 9.20. The predicted octanol–water partition coefficient (Wildman–Crippen LogP) is 3.78. The molecule has 1 aromatic carbocycles. The summed E-state index contributed by atoms with van der Waals surface area (Å²) >= 11 is 5.91. The fourth-order valence-corrected chi connectivity index (χ4v) is 5.77. The summed E-state index contributed by atoms with van der Waals surface area (Å²) in [5, 5.41) is 20.5. The molecule has 0 atom stereocenters. The van der Waals surface area contributed by atoms with Gasteiger partial charge in [-0.15, -0.1) is 0 Å². The highest BCUT2D eigenvalue weighted by atomic mass is 127. The minimum absolute atomic E-state index is 0.0367. The van der Waals surface area contributed by atoms with Crippen LogP contribution in [0.5, 0.6) is 0 Å². The van der Waals surface area contributed by atoms with Crippen molar-refractivity contribution in [3.63, 3.8) is 0 Å². The van der Waals surface area contributed by atoms with E-state index in [9.17, 15) is 19.5 Å². The first-order chi connectivity index (χ1) is 10.2. The molecule has 0 bridgehead atoms. The van der Waals surface area contributed by atoms with E-state index in [0.717, 1.165) is 3.57 Å². The van der Waals surface area contributed by atoms with Crippen molar-refractivity contribution in [3.05, 3.63) is 22.3 Å². The lowest BCUT2D eigenvalue weighted by Gasteiger charge is -2.13. The average molecular weight is 643 g/mol. The highest BCUT2D eigenvalue weighted by molar-refractivity contribution is 14.1. The van der Waals surface area contributed by atoms with Crippen LogP contribution in [-0.2, 0) is 9.59 Å². The Hall–Kier alpha value is -0.180. The SMILES string of the molecule is O=C(O)CCCCC(=O)Nc1c(I)cc(I)c(C(=O)O)c1I. The minimum atomic E-state index is -1.04. The average Bonchev–Trinajstić information content (AvgIpc) is 2.38. The van der Waals surface area contributed by atoms with E-state index in [2.05, 4.69) is 5.32 Å². The molecule has 3 N–H and O–H groups in total. The van der Waals surface area contributed by atoms with E-state index in [1.807, 2.05) is 67.8 Å². The molecule has 120 valence electrons. The molecule has 0 unspecified atom stereocenters. The van der Waals surface area contributed by atoms with Gasteiger partial charge < -0.3 is 15.5 Å². The van der Waals surface area contributed by atoms with Gasteiger partial charge in [-0.2, -0.15) is 0 Å². The standard InChI is InChI=1S/C13H12I3NO5/c14-6-5-7(15)12(11(16)10(6)13(21)22)17-8(18)3-1-2-4-9(19)20/h5H,1-4H2,(H,17,18)(H,19,20)(H,21,22). The van der Waals surface area contributed by atoms with Crippen molar-refractivity contribution in [1.29, 1.82) is 0 Å². The number of aromatic carboxylic acids is 1. The first-order valence-electron chi connectivity index (χ1n) is 6.16. The van der Waals surface area contributed by atoms with Gasteiger partial charge in [0.15, 0.2) is 0 Å². The largest absolute Gasteiger partial charge is 0.481 e. The number of carbonyl (C=O) groups excluding carboxylic acids is 1. The Labute approximate surface area is 167 Å². The monoisotopic (exact) mass is 643 g/mol. The molecule has 0 saturated carbocycles. The molecule has 0 saturated heterocycles. The molecule has 0 aliphatic heterocycles. The summed E-state index contributed by atoms with van der Waals surface area (Å²) in [7, 11) is 0. The number of aliphatic carboxylic acids is 1. The van der Waals surface area contributed by atoms with E-state index in [1.54, 1.807) is 6.07 Å². The third-order valence-electron chi connectivity index (χ3n) is 2.69. The number of amides is 1. The molecule has 9 heteroatoms. The Morgan fingerprint density at radius 2 is 1.59 bits per heavy atom. The molecule has 1 rings (SSSR count). The summed E-state index contributed by atoms with van der Waals surface area (Å²) in [6.45, 7) is 0. The van der Waals surface area contributed by atoms with E-state index >= 15 is 0 Å². The number of nitrogens with one attached hydrogen (secondary N) is 1. The first kappa shape index (κ1) is 19.9. The van der Waals surface area contributed by atoms with Gasteiger partial charge in [-0.1, -0.05) is 0 Å². The Balaban J connectivity index is 2.81. The second-order valence-electron chi connectivity index (χ2n) is 4.36. The van der Waals surface area contributed by atoms with Crippen molar-refractivity contribution in [1.82, 2.24) is 0 Å². The van der Waals surface area contributed by atoms with Gasteiger partial charge in [0.2, 0.25) is 5.91 Å². The fraction of sp³-hybridized carbons (Fsp3) is 0.308. The van der Waals surface area contributed by atoms with Gasteiger partial charge in [0, 0.05) is 20.0 Å². The quantitative estimate of drug-likeness (QED) is 0.310. The fourth-order valence-electron chi connectivity index (χ4n) is 1.66. The normalized spacial score (nSPS) is 10.3. The van der Waals surface area contributed by atoms with Crippen LogP contribution in [0, 0.1) is 10.7 Å². The molecular formula is C13H12I3NO5. The number of anilines is 1. The molecule has 1 aromatic rings. The van der Waals surface area contributed by atoms with Crippen LogP contribution in [-0.4, -0.2) is 28.1 Å². The summed E-state index contributed by atoms with van der Waals surface area (Å²) in [5.74, 6) is -2.17. The summed E-state index contributed by atoms with van der Waals surface area (Å²) in [6, 6.07) is 1.70. The zero-order valence-corrected chi connectivity index (χ0v) is 17.6. The van der Waals surface area contributed by atoms with Crippen molar-refractivity contribution in [2.45, 2.75) is 25.7 Å². The number of carboxylic acid groups (broad SMARTS) is 2. The Morgan fingerprint density at radius 1 is 1.00 bits per heavy atom.